The maximum absolute atomic E-state index is 13.2. The molecule has 5 heteroatoms. The van der Waals surface area contributed by atoms with Crippen LogP contribution in [0.1, 0.15) is 105 Å². The van der Waals surface area contributed by atoms with Crippen molar-refractivity contribution in [1.29, 1.82) is 0 Å². The fourth-order valence-corrected chi connectivity index (χ4v) is 11.0. The van der Waals surface area contributed by atoms with E-state index in [4.69, 9.17) is 14.2 Å². The molecular formula is C31H48O5. The lowest BCUT2D eigenvalue weighted by molar-refractivity contribution is -0.338. The second-order valence-corrected chi connectivity index (χ2v) is 14.1. The number of ether oxygens (including phenoxy) is 3. The summed E-state index contributed by atoms with van der Waals surface area (Å²) >= 11 is 0. The molecule has 3 saturated heterocycles. The van der Waals surface area contributed by atoms with Gasteiger partial charge in [0.1, 0.15) is 6.10 Å². The number of carbonyl (C=O) groups excluding carboxylic acids is 2. The van der Waals surface area contributed by atoms with Crippen LogP contribution in [0.5, 0.6) is 0 Å². The molecule has 7 fully saturated rings. The van der Waals surface area contributed by atoms with Gasteiger partial charge in [0.05, 0.1) is 12.0 Å². The van der Waals surface area contributed by atoms with Crippen molar-refractivity contribution in [2.75, 3.05) is 0 Å². The highest BCUT2D eigenvalue weighted by atomic mass is 16.7. The van der Waals surface area contributed by atoms with Gasteiger partial charge in [-0.25, -0.2) is 0 Å². The molecule has 2 bridgehead atoms. The SMILES string of the molecule is CCC(C[C@H]1O[C@H]2OC(=O)[C@@H]1[C@H]1CC[C@H]3[C@@H]4CC[C@H]5C[C@H](OC(C)=O)CC[C@]5(C)[C@H]4CC[C@]213)C(C)C. The predicted octanol–water partition coefficient (Wildman–Crippen LogP) is 6.53. The van der Waals surface area contributed by atoms with E-state index in [0.29, 0.717) is 35.0 Å². The van der Waals surface area contributed by atoms with E-state index in [1.807, 2.05) is 0 Å². The average molecular weight is 501 g/mol. The first-order chi connectivity index (χ1) is 17.2. The summed E-state index contributed by atoms with van der Waals surface area (Å²) in [4.78, 5) is 24.8. The van der Waals surface area contributed by atoms with Crippen LogP contribution in [-0.2, 0) is 23.8 Å². The Morgan fingerprint density at radius 3 is 2.56 bits per heavy atom. The zero-order chi connectivity index (χ0) is 25.4. The number of hydrogen-bond donors (Lipinski definition) is 0. The first kappa shape index (κ1) is 25.2. The Labute approximate surface area is 217 Å². The molecule has 1 spiro atoms. The molecule has 12 atom stereocenters. The number of carbonyl (C=O) groups is 2. The van der Waals surface area contributed by atoms with Gasteiger partial charge in [0.25, 0.3) is 0 Å². The van der Waals surface area contributed by atoms with Gasteiger partial charge < -0.3 is 14.2 Å². The second kappa shape index (κ2) is 8.99. The van der Waals surface area contributed by atoms with Crippen LogP contribution in [0.3, 0.4) is 0 Å². The molecule has 7 rings (SSSR count). The van der Waals surface area contributed by atoms with Crippen molar-refractivity contribution in [3.05, 3.63) is 0 Å². The lowest BCUT2D eigenvalue weighted by Gasteiger charge is -2.65. The summed E-state index contributed by atoms with van der Waals surface area (Å²) in [5.41, 5.74) is 0.395. The second-order valence-electron chi connectivity index (χ2n) is 14.1. The number of fused-ring (bicyclic) bond motifs is 6. The molecule has 0 aromatic rings. The monoisotopic (exact) mass is 500 g/mol. The molecule has 0 aromatic carbocycles. The van der Waals surface area contributed by atoms with Crippen LogP contribution >= 0.6 is 0 Å². The minimum atomic E-state index is -0.326. The standard InChI is InChI=1S/C31H48O5/c1-6-19(17(2)3)15-26-27-25-10-9-24-22-8-7-20-16-21(34-18(4)32)11-13-30(20,5)23(22)12-14-31(24,25)29(35-26)36-28(27)33/h17,19-27,29H,6-16H2,1-5H3/t19?,20-,21+,22+,23-,24-,25+,26+,27+,29-,30-,31+/m0/s1. The van der Waals surface area contributed by atoms with Gasteiger partial charge in [-0.05, 0) is 111 Å². The summed E-state index contributed by atoms with van der Waals surface area (Å²) in [6.45, 7) is 11.0. The highest BCUT2D eigenvalue weighted by Crippen LogP contribution is 2.72. The van der Waals surface area contributed by atoms with Crippen LogP contribution in [0.15, 0.2) is 0 Å². The average Bonchev–Trinajstić information content (AvgIpc) is 3.24. The van der Waals surface area contributed by atoms with E-state index in [1.54, 1.807) is 6.92 Å². The smallest absolute Gasteiger partial charge is 0.314 e. The largest absolute Gasteiger partial charge is 0.463 e. The molecule has 0 aromatic heterocycles. The summed E-state index contributed by atoms with van der Waals surface area (Å²) in [5.74, 6) is 4.24. The molecule has 7 aliphatic rings. The van der Waals surface area contributed by atoms with Gasteiger partial charge in [-0.15, -0.1) is 0 Å². The minimum absolute atomic E-state index is 0.0349. The van der Waals surface area contributed by atoms with Crippen LogP contribution < -0.4 is 0 Å². The Morgan fingerprint density at radius 1 is 1.06 bits per heavy atom. The van der Waals surface area contributed by atoms with Crippen LogP contribution in [0.4, 0.5) is 0 Å². The highest BCUT2D eigenvalue weighted by Gasteiger charge is 2.72. The van der Waals surface area contributed by atoms with E-state index in [-0.39, 0.29) is 41.8 Å². The van der Waals surface area contributed by atoms with Crippen LogP contribution in [0.2, 0.25) is 0 Å². The topological polar surface area (TPSA) is 61.8 Å². The Balaban J connectivity index is 1.23. The Hall–Kier alpha value is -1.10. The van der Waals surface area contributed by atoms with E-state index in [1.165, 1.54) is 38.5 Å². The molecule has 4 aliphatic carbocycles. The third-order valence-corrected chi connectivity index (χ3v) is 12.7. The van der Waals surface area contributed by atoms with Crippen LogP contribution in [0.25, 0.3) is 0 Å². The summed E-state index contributed by atoms with van der Waals surface area (Å²) in [5, 5.41) is 0. The van der Waals surface area contributed by atoms with Gasteiger partial charge in [-0.2, -0.15) is 0 Å². The van der Waals surface area contributed by atoms with Crippen molar-refractivity contribution in [1.82, 2.24) is 0 Å². The number of esters is 2. The van der Waals surface area contributed by atoms with Crippen molar-refractivity contribution in [3.63, 3.8) is 0 Å². The fourth-order valence-electron chi connectivity index (χ4n) is 11.0. The number of hydrogen-bond acceptors (Lipinski definition) is 5. The molecule has 1 unspecified atom stereocenters. The zero-order valence-corrected chi connectivity index (χ0v) is 23.2. The molecular weight excluding hydrogens is 452 g/mol. The molecule has 4 saturated carbocycles. The van der Waals surface area contributed by atoms with Gasteiger partial charge in [0.15, 0.2) is 0 Å². The van der Waals surface area contributed by atoms with Crippen molar-refractivity contribution >= 4 is 11.9 Å². The van der Waals surface area contributed by atoms with Crippen LogP contribution in [-0.4, -0.2) is 30.4 Å². The minimum Gasteiger partial charge on any atom is -0.463 e. The van der Waals surface area contributed by atoms with E-state index >= 15 is 0 Å². The predicted molar refractivity (Wildman–Crippen MR) is 137 cm³/mol. The molecule has 3 aliphatic heterocycles. The summed E-state index contributed by atoms with van der Waals surface area (Å²) in [6.07, 6.45) is 12.5. The Kier molecular flexibility index (Phi) is 6.29. The molecule has 0 amide bonds. The molecule has 0 radical (unpaired) electrons. The van der Waals surface area contributed by atoms with E-state index in [0.717, 1.165) is 43.9 Å². The van der Waals surface area contributed by atoms with Gasteiger partial charge >= 0.3 is 11.9 Å². The number of rotatable bonds is 5. The highest BCUT2D eigenvalue weighted by molar-refractivity contribution is 5.76. The molecule has 36 heavy (non-hydrogen) atoms. The molecule has 3 heterocycles. The molecule has 5 nitrogen and oxygen atoms in total. The van der Waals surface area contributed by atoms with Gasteiger partial charge in [0.2, 0.25) is 6.29 Å². The van der Waals surface area contributed by atoms with Gasteiger partial charge in [-0.3, -0.25) is 9.59 Å². The van der Waals surface area contributed by atoms with Crippen molar-refractivity contribution in [3.8, 4) is 0 Å². The lowest BCUT2D eigenvalue weighted by atomic mass is 9.43. The van der Waals surface area contributed by atoms with E-state index < -0.39 is 0 Å². The Morgan fingerprint density at radius 2 is 1.83 bits per heavy atom. The quantitative estimate of drug-likeness (QED) is 0.402. The van der Waals surface area contributed by atoms with Gasteiger partial charge in [0, 0.05) is 12.3 Å². The fraction of sp³-hybridized carbons (Fsp3) is 0.935. The van der Waals surface area contributed by atoms with Crippen molar-refractivity contribution < 1.29 is 23.8 Å². The first-order valence-corrected chi connectivity index (χ1v) is 15.2. The molecule has 202 valence electrons. The third-order valence-electron chi connectivity index (χ3n) is 12.7. The van der Waals surface area contributed by atoms with Crippen molar-refractivity contribution in [2.45, 2.75) is 124 Å². The maximum atomic E-state index is 13.2. The Bertz CT molecular complexity index is 884. The maximum Gasteiger partial charge on any atom is 0.314 e. The zero-order valence-electron chi connectivity index (χ0n) is 23.2. The molecule has 0 N–H and O–H groups in total. The summed E-state index contributed by atoms with van der Waals surface area (Å²) in [6, 6.07) is 0. The van der Waals surface area contributed by atoms with E-state index in [2.05, 4.69) is 27.7 Å². The first-order valence-electron chi connectivity index (χ1n) is 15.2. The van der Waals surface area contributed by atoms with E-state index in [9.17, 15) is 9.59 Å². The van der Waals surface area contributed by atoms with Crippen LogP contribution in [0, 0.1) is 58.2 Å². The van der Waals surface area contributed by atoms with Gasteiger partial charge in [-0.1, -0.05) is 34.1 Å². The summed E-state index contributed by atoms with van der Waals surface area (Å²) < 4.78 is 18.6. The lowest BCUT2D eigenvalue weighted by Crippen LogP contribution is -2.67. The van der Waals surface area contributed by atoms with Crippen molar-refractivity contribution in [2.24, 2.45) is 58.2 Å². The normalized spacial score (nSPS) is 49.9. The third kappa shape index (κ3) is 3.57. The summed E-state index contributed by atoms with van der Waals surface area (Å²) in [7, 11) is 0.